The highest BCUT2D eigenvalue weighted by Gasteiger charge is 2.10. The number of nitrogens with zero attached hydrogens (tertiary/aromatic N) is 1. The van der Waals surface area contributed by atoms with Gasteiger partial charge >= 0.3 is 0 Å². The average Bonchev–Trinajstić information content (AvgIpc) is 2.65. The summed E-state index contributed by atoms with van der Waals surface area (Å²) in [4.78, 5) is 14.7. The van der Waals surface area contributed by atoms with E-state index in [9.17, 15) is 4.79 Å². The Morgan fingerprint density at radius 1 is 1.12 bits per heavy atom. The monoisotopic (exact) mass is 375 g/mol. The number of ether oxygens (including phenoxy) is 1. The number of rotatable bonds is 9. The summed E-state index contributed by atoms with van der Waals surface area (Å²) in [6.07, 6.45) is 0. The molecule has 140 valence electrons. The van der Waals surface area contributed by atoms with Gasteiger partial charge in [-0.15, -0.1) is 0 Å². The van der Waals surface area contributed by atoms with Crippen LogP contribution in [0.1, 0.15) is 19.4 Å². The predicted molar refractivity (Wildman–Crippen MR) is 108 cm³/mol. The second-order valence-corrected chi connectivity index (χ2v) is 6.30. The summed E-state index contributed by atoms with van der Waals surface area (Å²) in [6.45, 7) is 7.27. The van der Waals surface area contributed by atoms with Gasteiger partial charge in [0.05, 0.1) is 19.3 Å². The molecule has 0 bridgehead atoms. The third-order valence-electron chi connectivity index (χ3n) is 4.18. The number of carbonyl (C=O) groups excluding carboxylic acids is 1. The van der Waals surface area contributed by atoms with E-state index in [0.29, 0.717) is 16.5 Å². The SMILES string of the molecule is CCN(CC)Cc1ccccc1NCC(=O)Nc1cc(Cl)ccc1OC. The maximum atomic E-state index is 12.3. The molecule has 0 fully saturated rings. The summed E-state index contributed by atoms with van der Waals surface area (Å²) in [5.41, 5.74) is 2.69. The zero-order valence-corrected chi connectivity index (χ0v) is 16.3. The van der Waals surface area contributed by atoms with Crippen LogP contribution in [-0.2, 0) is 11.3 Å². The van der Waals surface area contributed by atoms with Gasteiger partial charge in [-0.1, -0.05) is 43.6 Å². The molecule has 0 atom stereocenters. The van der Waals surface area contributed by atoms with Crippen LogP contribution in [0.4, 0.5) is 11.4 Å². The summed E-state index contributed by atoms with van der Waals surface area (Å²) in [5.74, 6) is 0.410. The third kappa shape index (κ3) is 5.64. The molecule has 2 N–H and O–H groups in total. The lowest BCUT2D eigenvalue weighted by Crippen LogP contribution is -2.25. The van der Waals surface area contributed by atoms with Crippen molar-refractivity contribution in [1.82, 2.24) is 4.90 Å². The van der Waals surface area contributed by atoms with Gasteiger partial charge in [0.25, 0.3) is 0 Å². The highest BCUT2D eigenvalue weighted by Crippen LogP contribution is 2.27. The Hall–Kier alpha value is -2.24. The summed E-state index contributed by atoms with van der Waals surface area (Å²) in [5, 5.41) is 6.60. The fraction of sp³-hybridized carbons (Fsp3) is 0.350. The number of benzene rings is 2. The second kappa shape index (κ2) is 10.0. The van der Waals surface area contributed by atoms with Crippen LogP contribution in [0.2, 0.25) is 5.02 Å². The lowest BCUT2D eigenvalue weighted by molar-refractivity contribution is -0.114. The first-order valence-corrected chi connectivity index (χ1v) is 9.12. The van der Waals surface area contributed by atoms with Crippen LogP contribution >= 0.6 is 11.6 Å². The first kappa shape index (κ1) is 20.1. The van der Waals surface area contributed by atoms with Gasteiger partial charge in [0.2, 0.25) is 5.91 Å². The number of para-hydroxylation sites is 1. The van der Waals surface area contributed by atoms with E-state index in [-0.39, 0.29) is 12.5 Å². The highest BCUT2D eigenvalue weighted by molar-refractivity contribution is 6.31. The first-order chi connectivity index (χ1) is 12.6. The number of hydrogen-bond acceptors (Lipinski definition) is 4. The summed E-state index contributed by atoms with van der Waals surface area (Å²) in [6, 6.07) is 13.2. The largest absolute Gasteiger partial charge is 0.495 e. The highest BCUT2D eigenvalue weighted by atomic mass is 35.5. The van der Waals surface area contributed by atoms with E-state index in [1.54, 1.807) is 25.3 Å². The number of methoxy groups -OCH3 is 1. The Bertz CT molecular complexity index is 733. The van der Waals surface area contributed by atoms with Crippen molar-refractivity contribution >= 4 is 28.9 Å². The summed E-state index contributed by atoms with van der Waals surface area (Å²) >= 11 is 6.00. The van der Waals surface area contributed by atoms with Gasteiger partial charge in [0.15, 0.2) is 0 Å². The molecule has 5 nitrogen and oxygen atoms in total. The van der Waals surface area contributed by atoms with Crippen LogP contribution in [0.3, 0.4) is 0 Å². The van der Waals surface area contributed by atoms with E-state index in [4.69, 9.17) is 16.3 Å². The van der Waals surface area contributed by atoms with E-state index in [2.05, 4.69) is 35.4 Å². The van der Waals surface area contributed by atoms with Gasteiger partial charge < -0.3 is 15.4 Å². The Labute approximate surface area is 160 Å². The van der Waals surface area contributed by atoms with Crippen LogP contribution < -0.4 is 15.4 Å². The van der Waals surface area contributed by atoms with Crippen LogP contribution in [0.15, 0.2) is 42.5 Å². The van der Waals surface area contributed by atoms with E-state index >= 15 is 0 Å². The topological polar surface area (TPSA) is 53.6 Å². The van der Waals surface area contributed by atoms with Gasteiger partial charge in [-0.2, -0.15) is 0 Å². The van der Waals surface area contributed by atoms with Gasteiger partial charge in [0, 0.05) is 17.3 Å². The molecule has 0 heterocycles. The lowest BCUT2D eigenvalue weighted by atomic mass is 10.1. The molecule has 6 heteroatoms. The number of hydrogen-bond donors (Lipinski definition) is 2. The molecular formula is C20H26ClN3O2. The maximum absolute atomic E-state index is 12.3. The van der Waals surface area contributed by atoms with Gasteiger partial charge in [-0.3, -0.25) is 9.69 Å². The van der Waals surface area contributed by atoms with Crippen molar-refractivity contribution in [2.75, 3.05) is 37.4 Å². The zero-order valence-electron chi connectivity index (χ0n) is 15.5. The molecule has 0 saturated carbocycles. The Balaban J connectivity index is 2.01. The Morgan fingerprint density at radius 3 is 2.54 bits per heavy atom. The molecule has 0 aliphatic heterocycles. The predicted octanol–water partition coefficient (Wildman–Crippen LogP) is 4.24. The van der Waals surface area contributed by atoms with Gasteiger partial charge in [0.1, 0.15) is 5.75 Å². The van der Waals surface area contributed by atoms with Gasteiger partial charge in [-0.25, -0.2) is 0 Å². The normalized spacial score (nSPS) is 10.7. The Morgan fingerprint density at radius 2 is 1.85 bits per heavy atom. The first-order valence-electron chi connectivity index (χ1n) is 8.74. The molecule has 2 aromatic carbocycles. The van der Waals surface area contributed by atoms with Crippen molar-refractivity contribution in [3.8, 4) is 5.75 Å². The molecule has 0 unspecified atom stereocenters. The Kier molecular flexibility index (Phi) is 7.75. The molecule has 0 radical (unpaired) electrons. The molecule has 0 aliphatic carbocycles. The van der Waals surface area contributed by atoms with Crippen molar-refractivity contribution in [2.45, 2.75) is 20.4 Å². The van der Waals surface area contributed by atoms with E-state index < -0.39 is 0 Å². The number of carbonyl (C=O) groups is 1. The zero-order chi connectivity index (χ0) is 18.9. The number of anilines is 2. The standard InChI is InChI=1S/C20H26ClN3O2/c1-4-24(5-2)14-15-8-6-7-9-17(15)22-13-20(25)23-18-12-16(21)10-11-19(18)26-3/h6-12,22H,4-5,13-14H2,1-3H3,(H,23,25). The average molecular weight is 376 g/mol. The minimum absolute atomic E-state index is 0.158. The smallest absolute Gasteiger partial charge is 0.243 e. The quantitative estimate of drug-likeness (QED) is 0.688. The molecule has 26 heavy (non-hydrogen) atoms. The van der Waals surface area contributed by atoms with Crippen molar-refractivity contribution in [3.63, 3.8) is 0 Å². The molecular weight excluding hydrogens is 350 g/mol. The molecule has 2 rings (SSSR count). The van der Waals surface area contributed by atoms with Crippen molar-refractivity contribution in [2.24, 2.45) is 0 Å². The van der Waals surface area contributed by atoms with Gasteiger partial charge in [-0.05, 0) is 42.9 Å². The third-order valence-corrected chi connectivity index (χ3v) is 4.42. The van der Waals surface area contributed by atoms with Crippen LogP contribution in [0.25, 0.3) is 0 Å². The molecule has 0 aromatic heterocycles. The molecule has 0 spiro atoms. The lowest BCUT2D eigenvalue weighted by Gasteiger charge is -2.20. The van der Waals surface area contributed by atoms with Crippen LogP contribution in [0, 0.1) is 0 Å². The minimum atomic E-state index is -0.164. The number of amides is 1. The second-order valence-electron chi connectivity index (χ2n) is 5.86. The van der Waals surface area contributed by atoms with E-state index in [1.807, 2.05) is 18.2 Å². The summed E-state index contributed by atoms with van der Waals surface area (Å²) in [7, 11) is 1.56. The van der Waals surface area contributed by atoms with Crippen molar-refractivity contribution in [3.05, 3.63) is 53.1 Å². The maximum Gasteiger partial charge on any atom is 0.243 e. The molecule has 0 aliphatic rings. The minimum Gasteiger partial charge on any atom is -0.495 e. The summed E-state index contributed by atoms with van der Waals surface area (Å²) < 4.78 is 5.25. The van der Waals surface area contributed by atoms with E-state index in [1.165, 1.54) is 5.56 Å². The van der Waals surface area contributed by atoms with Crippen LogP contribution in [-0.4, -0.2) is 37.6 Å². The molecule has 1 amide bonds. The fourth-order valence-corrected chi connectivity index (χ4v) is 2.84. The van der Waals surface area contributed by atoms with Crippen molar-refractivity contribution < 1.29 is 9.53 Å². The molecule has 0 saturated heterocycles. The van der Waals surface area contributed by atoms with E-state index in [0.717, 1.165) is 25.3 Å². The van der Waals surface area contributed by atoms with Crippen LogP contribution in [0.5, 0.6) is 5.75 Å². The number of nitrogens with one attached hydrogen (secondary N) is 2. The van der Waals surface area contributed by atoms with Crippen molar-refractivity contribution in [1.29, 1.82) is 0 Å². The molecule has 2 aromatic rings. The fourth-order valence-electron chi connectivity index (χ4n) is 2.67. The number of halogens is 1.